The zero-order chi connectivity index (χ0) is 20.5. The second-order valence-electron chi connectivity index (χ2n) is 7.04. The highest BCUT2D eigenvalue weighted by Gasteiger charge is 2.30. The Kier molecular flexibility index (Phi) is 6.34. The van der Waals surface area contributed by atoms with Gasteiger partial charge in [-0.1, -0.05) is 49.2 Å². The third kappa shape index (κ3) is 4.87. The second kappa shape index (κ2) is 8.41. The zero-order valence-corrected chi connectivity index (χ0v) is 18.0. The fourth-order valence-electron chi connectivity index (χ4n) is 2.72. The summed E-state index contributed by atoms with van der Waals surface area (Å²) < 4.78 is 27.6. The van der Waals surface area contributed by atoms with Gasteiger partial charge < -0.3 is 5.32 Å². The van der Waals surface area contributed by atoms with Crippen molar-refractivity contribution in [3.8, 4) is 0 Å². The minimum atomic E-state index is -3.81. The van der Waals surface area contributed by atoms with E-state index in [0.717, 1.165) is 19.3 Å². The lowest BCUT2D eigenvalue weighted by molar-refractivity contribution is 0.102. The van der Waals surface area contributed by atoms with Crippen molar-refractivity contribution in [3.05, 3.63) is 57.6 Å². The van der Waals surface area contributed by atoms with Gasteiger partial charge in [-0.25, -0.2) is 13.1 Å². The molecule has 1 fully saturated rings. The molecule has 2 aromatic carbocycles. The maximum absolute atomic E-state index is 12.7. The number of hydrogen-bond donors (Lipinski definition) is 2. The molecule has 2 aromatic rings. The highest BCUT2D eigenvalue weighted by Crippen LogP contribution is 2.31. The number of anilines is 1. The molecule has 0 saturated heterocycles. The summed E-state index contributed by atoms with van der Waals surface area (Å²) in [7, 11) is -3.81. The number of hydrogen-bond acceptors (Lipinski definition) is 3. The summed E-state index contributed by atoms with van der Waals surface area (Å²) in [5.74, 6) is -0.0666. The van der Waals surface area contributed by atoms with Gasteiger partial charge in [-0.15, -0.1) is 0 Å². The normalized spacial score (nSPS) is 15.3. The predicted octanol–water partition coefficient (Wildman–Crippen LogP) is 5.20. The van der Waals surface area contributed by atoms with Crippen LogP contribution in [0, 0.1) is 0 Å². The molecule has 150 valence electrons. The maximum atomic E-state index is 12.7. The van der Waals surface area contributed by atoms with Gasteiger partial charge in [0.15, 0.2) is 0 Å². The molecule has 28 heavy (non-hydrogen) atoms. The number of rotatable bonds is 7. The van der Waals surface area contributed by atoms with E-state index in [1.807, 2.05) is 24.3 Å². The third-order valence-electron chi connectivity index (χ3n) is 4.80. The van der Waals surface area contributed by atoms with Crippen molar-refractivity contribution in [2.45, 2.75) is 50.0 Å². The Labute approximate surface area is 175 Å². The molecule has 0 radical (unpaired) electrons. The molecule has 1 saturated carbocycles. The van der Waals surface area contributed by atoms with E-state index in [4.69, 9.17) is 23.2 Å². The largest absolute Gasteiger partial charge is 0.322 e. The Balaban J connectivity index is 1.84. The molecule has 0 aliphatic heterocycles. The van der Waals surface area contributed by atoms with Crippen LogP contribution >= 0.6 is 23.2 Å². The number of carbonyl (C=O) groups excluding carboxylic acids is 1. The molecule has 2 N–H and O–H groups in total. The Morgan fingerprint density at radius 2 is 1.79 bits per heavy atom. The lowest BCUT2D eigenvalue weighted by Gasteiger charge is -2.13. The highest BCUT2D eigenvalue weighted by molar-refractivity contribution is 7.89. The quantitative estimate of drug-likeness (QED) is 0.620. The smallest absolute Gasteiger partial charge is 0.257 e. The SMILES string of the molecule is CCC(C)c1ccc(NC(=O)c2cc(S(=O)(=O)NC3CC3)c(Cl)cc2Cl)cc1. The van der Waals surface area contributed by atoms with Crippen molar-refractivity contribution >= 4 is 44.8 Å². The minimum Gasteiger partial charge on any atom is -0.322 e. The average Bonchev–Trinajstić information content (AvgIpc) is 3.44. The van der Waals surface area contributed by atoms with Gasteiger partial charge in [-0.3, -0.25) is 4.79 Å². The molecule has 1 amide bonds. The molecule has 8 heteroatoms. The van der Waals surface area contributed by atoms with Crippen molar-refractivity contribution in [1.82, 2.24) is 4.72 Å². The van der Waals surface area contributed by atoms with Crippen LogP contribution in [0.25, 0.3) is 0 Å². The lowest BCUT2D eigenvalue weighted by Crippen LogP contribution is -2.26. The van der Waals surface area contributed by atoms with E-state index in [-0.39, 0.29) is 26.5 Å². The number of nitrogens with one attached hydrogen (secondary N) is 2. The average molecular weight is 441 g/mol. The number of amides is 1. The van der Waals surface area contributed by atoms with Gasteiger partial charge >= 0.3 is 0 Å². The molecular formula is C20H22Cl2N2O3S. The molecule has 1 atom stereocenters. The number of benzene rings is 2. The van der Waals surface area contributed by atoms with Crippen LogP contribution in [-0.2, 0) is 10.0 Å². The van der Waals surface area contributed by atoms with E-state index in [1.165, 1.54) is 17.7 Å². The Bertz CT molecular complexity index is 987. The fraction of sp³-hybridized carbons (Fsp3) is 0.350. The molecular weight excluding hydrogens is 419 g/mol. The third-order valence-corrected chi connectivity index (χ3v) is 7.10. The van der Waals surface area contributed by atoms with Crippen LogP contribution in [0.3, 0.4) is 0 Å². The molecule has 1 unspecified atom stereocenters. The Morgan fingerprint density at radius 3 is 2.36 bits per heavy atom. The van der Waals surface area contributed by atoms with Crippen LogP contribution < -0.4 is 10.0 Å². The van der Waals surface area contributed by atoms with E-state index in [0.29, 0.717) is 11.6 Å². The fourth-order valence-corrected chi connectivity index (χ4v) is 4.89. The van der Waals surface area contributed by atoms with Crippen LogP contribution in [-0.4, -0.2) is 20.4 Å². The van der Waals surface area contributed by atoms with Gasteiger partial charge in [0.1, 0.15) is 4.90 Å². The Morgan fingerprint density at radius 1 is 1.14 bits per heavy atom. The highest BCUT2D eigenvalue weighted by atomic mass is 35.5. The molecule has 0 spiro atoms. The first-order chi connectivity index (χ1) is 13.2. The van der Waals surface area contributed by atoms with Crippen molar-refractivity contribution < 1.29 is 13.2 Å². The molecule has 5 nitrogen and oxygen atoms in total. The number of carbonyl (C=O) groups is 1. The number of sulfonamides is 1. The van der Waals surface area contributed by atoms with Gasteiger partial charge in [0.05, 0.1) is 15.6 Å². The van der Waals surface area contributed by atoms with Crippen LogP contribution in [0.2, 0.25) is 10.0 Å². The van der Waals surface area contributed by atoms with E-state index in [2.05, 4.69) is 23.9 Å². The van der Waals surface area contributed by atoms with Gasteiger partial charge in [0, 0.05) is 11.7 Å². The first-order valence-electron chi connectivity index (χ1n) is 9.14. The predicted molar refractivity (Wildman–Crippen MR) is 113 cm³/mol. The van der Waals surface area contributed by atoms with Gasteiger partial charge in [-0.05, 0) is 55.0 Å². The summed E-state index contributed by atoms with van der Waals surface area (Å²) in [5.41, 5.74) is 1.83. The van der Waals surface area contributed by atoms with Crippen molar-refractivity contribution in [3.63, 3.8) is 0 Å². The van der Waals surface area contributed by atoms with Gasteiger partial charge in [-0.2, -0.15) is 0 Å². The summed E-state index contributed by atoms with van der Waals surface area (Å²) >= 11 is 12.2. The van der Waals surface area contributed by atoms with E-state index in [1.54, 1.807) is 0 Å². The van der Waals surface area contributed by atoms with Crippen molar-refractivity contribution in [2.24, 2.45) is 0 Å². The van der Waals surface area contributed by atoms with Crippen LogP contribution in [0.4, 0.5) is 5.69 Å². The van der Waals surface area contributed by atoms with E-state index in [9.17, 15) is 13.2 Å². The van der Waals surface area contributed by atoms with Crippen LogP contribution in [0.1, 0.15) is 54.9 Å². The van der Waals surface area contributed by atoms with Crippen molar-refractivity contribution in [1.29, 1.82) is 0 Å². The zero-order valence-electron chi connectivity index (χ0n) is 15.6. The molecule has 0 aromatic heterocycles. The van der Waals surface area contributed by atoms with E-state index >= 15 is 0 Å². The lowest BCUT2D eigenvalue weighted by atomic mass is 9.98. The summed E-state index contributed by atoms with van der Waals surface area (Å²) in [6.07, 6.45) is 2.62. The van der Waals surface area contributed by atoms with Crippen LogP contribution in [0.15, 0.2) is 41.3 Å². The summed E-state index contributed by atoms with van der Waals surface area (Å²) in [4.78, 5) is 12.5. The first-order valence-corrected chi connectivity index (χ1v) is 11.4. The molecule has 0 bridgehead atoms. The molecule has 1 aliphatic rings. The standard InChI is InChI=1S/C20H22Cl2N2O3S/c1-3-12(2)13-4-6-14(7-5-13)23-20(25)16-10-19(18(22)11-17(16)21)28(26,27)24-15-8-9-15/h4-7,10-12,15,24H,3,8-9H2,1-2H3,(H,23,25). The molecule has 0 heterocycles. The molecule has 3 rings (SSSR count). The van der Waals surface area contributed by atoms with E-state index < -0.39 is 15.9 Å². The topological polar surface area (TPSA) is 75.3 Å². The van der Waals surface area contributed by atoms with Crippen molar-refractivity contribution in [2.75, 3.05) is 5.32 Å². The molecule has 1 aliphatic carbocycles. The second-order valence-corrected chi connectivity index (χ2v) is 9.54. The summed E-state index contributed by atoms with van der Waals surface area (Å²) in [6.45, 7) is 4.26. The summed E-state index contributed by atoms with van der Waals surface area (Å²) in [5, 5.41) is 2.82. The maximum Gasteiger partial charge on any atom is 0.257 e. The monoisotopic (exact) mass is 440 g/mol. The first kappa shape index (κ1) is 21.1. The number of halogens is 2. The minimum absolute atomic E-state index is 0.0207. The van der Waals surface area contributed by atoms with Gasteiger partial charge in [0.2, 0.25) is 10.0 Å². The van der Waals surface area contributed by atoms with Gasteiger partial charge in [0.25, 0.3) is 5.91 Å². The Hall–Kier alpha value is -1.60. The summed E-state index contributed by atoms with van der Waals surface area (Å²) in [6, 6.07) is 9.98. The van der Waals surface area contributed by atoms with Crippen LogP contribution in [0.5, 0.6) is 0 Å².